The van der Waals surface area contributed by atoms with E-state index in [2.05, 4.69) is 10.3 Å². The Balaban J connectivity index is 1.65. The van der Waals surface area contributed by atoms with Gasteiger partial charge in [-0.1, -0.05) is 36.8 Å². The van der Waals surface area contributed by atoms with Gasteiger partial charge in [-0.15, -0.1) is 11.3 Å². The van der Waals surface area contributed by atoms with Crippen molar-refractivity contribution in [2.75, 3.05) is 37.4 Å². The van der Waals surface area contributed by atoms with Crippen LogP contribution in [0.2, 0.25) is 0 Å². The van der Waals surface area contributed by atoms with E-state index in [1.54, 1.807) is 18.2 Å². The van der Waals surface area contributed by atoms with Crippen LogP contribution in [0.1, 0.15) is 34.6 Å². The Morgan fingerprint density at radius 1 is 1.06 bits per heavy atom. The van der Waals surface area contributed by atoms with Gasteiger partial charge in [0.15, 0.2) is 0 Å². The molecule has 0 aliphatic carbocycles. The molecule has 9 heteroatoms. The molecule has 0 saturated carbocycles. The third-order valence-electron chi connectivity index (χ3n) is 5.67. The minimum absolute atomic E-state index is 0.191. The smallest absolute Gasteiger partial charge is 0.267 e. The Labute approximate surface area is 199 Å². The highest BCUT2D eigenvalue weighted by Crippen LogP contribution is 2.32. The maximum atomic E-state index is 13.2. The van der Waals surface area contributed by atoms with Crippen molar-refractivity contribution in [3.05, 3.63) is 59.1 Å². The van der Waals surface area contributed by atoms with Crippen LogP contribution in [0, 0.1) is 6.92 Å². The van der Waals surface area contributed by atoms with E-state index in [-0.39, 0.29) is 10.8 Å². The first-order valence-corrected chi connectivity index (χ1v) is 13.2. The molecule has 1 amide bonds. The van der Waals surface area contributed by atoms with Crippen LogP contribution in [0.3, 0.4) is 0 Å². The van der Waals surface area contributed by atoms with Crippen molar-refractivity contribution in [2.24, 2.45) is 0 Å². The lowest BCUT2D eigenvalue weighted by Crippen LogP contribution is -2.35. The predicted octanol–water partition coefficient (Wildman–Crippen LogP) is 4.61. The lowest BCUT2D eigenvalue weighted by atomic mass is 10.2. The van der Waals surface area contributed by atoms with Crippen molar-refractivity contribution in [1.29, 1.82) is 0 Å². The Morgan fingerprint density at radius 2 is 1.76 bits per heavy atom. The molecule has 0 spiro atoms. The van der Waals surface area contributed by atoms with Crippen LogP contribution in [-0.2, 0) is 10.0 Å². The first kappa shape index (κ1) is 23.4. The maximum Gasteiger partial charge on any atom is 0.267 e. The van der Waals surface area contributed by atoms with Crippen LogP contribution < -0.4 is 10.2 Å². The Hall–Kier alpha value is -2.75. The number of nitrogens with zero attached hydrogens (tertiary/aromatic N) is 3. The zero-order chi connectivity index (χ0) is 23.6. The highest BCUT2D eigenvalue weighted by Gasteiger charge is 2.27. The molecule has 1 aromatic heterocycles. The third kappa shape index (κ3) is 4.95. The molecular formula is C24H28N4O3S2. The largest absolute Gasteiger partial charge is 0.376 e. The zero-order valence-electron chi connectivity index (χ0n) is 19.0. The maximum absolute atomic E-state index is 13.2. The van der Waals surface area contributed by atoms with E-state index < -0.39 is 10.0 Å². The zero-order valence-corrected chi connectivity index (χ0v) is 20.7. The number of amides is 1. The number of rotatable bonds is 6. The van der Waals surface area contributed by atoms with E-state index in [0.717, 1.165) is 35.5 Å². The van der Waals surface area contributed by atoms with E-state index in [0.29, 0.717) is 29.3 Å². The summed E-state index contributed by atoms with van der Waals surface area (Å²) in [5, 5.41) is 3.71. The van der Waals surface area contributed by atoms with Crippen molar-refractivity contribution >= 4 is 38.6 Å². The molecule has 7 nitrogen and oxygen atoms in total. The van der Waals surface area contributed by atoms with E-state index >= 15 is 0 Å². The molecule has 0 atom stereocenters. The van der Waals surface area contributed by atoms with Gasteiger partial charge in [-0.25, -0.2) is 13.4 Å². The Morgan fingerprint density at radius 3 is 2.42 bits per heavy atom. The molecule has 1 N–H and O–H groups in total. The fourth-order valence-electron chi connectivity index (χ4n) is 3.91. The number of hydrogen-bond acceptors (Lipinski definition) is 6. The van der Waals surface area contributed by atoms with Gasteiger partial charge >= 0.3 is 0 Å². The fourth-order valence-corrected chi connectivity index (χ4v) is 6.42. The fraction of sp³-hybridized carbons (Fsp3) is 0.333. The van der Waals surface area contributed by atoms with Crippen LogP contribution >= 0.6 is 11.3 Å². The molecule has 1 fully saturated rings. The average Bonchev–Trinajstić information content (AvgIpc) is 3.22. The third-order valence-corrected chi connectivity index (χ3v) is 8.77. The van der Waals surface area contributed by atoms with Crippen molar-refractivity contribution in [2.45, 2.75) is 31.1 Å². The molecule has 174 valence electrons. The van der Waals surface area contributed by atoms with Gasteiger partial charge in [0.2, 0.25) is 10.0 Å². The van der Waals surface area contributed by atoms with Crippen LogP contribution in [0.5, 0.6) is 0 Å². The average molecular weight is 485 g/mol. The molecule has 1 aliphatic heterocycles. The van der Waals surface area contributed by atoms with E-state index in [4.69, 9.17) is 0 Å². The summed E-state index contributed by atoms with van der Waals surface area (Å²) in [7, 11) is 0.0991. The van der Waals surface area contributed by atoms with Crippen LogP contribution in [-0.4, -0.2) is 50.8 Å². The standard InChI is InChI=1S/C24H28N4O3S2/c1-17-22(32-24(25-17)18-10-6-4-7-11-18)23(29)26-20-16-19(12-13-21(20)27(2)3)33(30,31)28-14-8-5-9-15-28/h4,6-7,10-13,16H,5,8-9,14-15H2,1-3H3,(H,26,29). The number of aryl methyl sites for hydroxylation is 1. The number of nitrogens with one attached hydrogen (secondary N) is 1. The molecule has 3 aromatic rings. The number of aromatic nitrogens is 1. The van der Waals surface area contributed by atoms with Gasteiger partial charge in [0, 0.05) is 32.7 Å². The monoisotopic (exact) mass is 484 g/mol. The van der Waals surface area contributed by atoms with E-state index in [1.165, 1.54) is 15.6 Å². The van der Waals surface area contributed by atoms with E-state index in [9.17, 15) is 13.2 Å². The number of hydrogen-bond donors (Lipinski definition) is 1. The number of piperidine rings is 1. The Kier molecular flexibility index (Phi) is 6.83. The molecule has 2 heterocycles. The van der Waals surface area contributed by atoms with Crippen molar-refractivity contribution in [1.82, 2.24) is 9.29 Å². The second kappa shape index (κ2) is 9.62. The summed E-state index contributed by atoms with van der Waals surface area (Å²) in [6.07, 6.45) is 2.78. The second-order valence-corrected chi connectivity index (χ2v) is 11.2. The van der Waals surface area contributed by atoms with Crippen molar-refractivity contribution in [3.63, 3.8) is 0 Å². The predicted molar refractivity (Wildman–Crippen MR) is 134 cm³/mol. The van der Waals surface area contributed by atoms with Crippen LogP contribution in [0.4, 0.5) is 11.4 Å². The van der Waals surface area contributed by atoms with E-state index in [1.807, 2.05) is 56.3 Å². The van der Waals surface area contributed by atoms with Gasteiger partial charge in [0.05, 0.1) is 22.0 Å². The van der Waals surface area contributed by atoms with Gasteiger partial charge in [0.25, 0.3) is 5.91 Å². The summed E-state index contributed by atoms with van der Waals surface area (Å²) >= 11 is 1.32. The summed E-state index contributed by atoms with van der Waals surface area (Å²) in [6.45, 7) is 2.87. The number of anilines is 2. The minimum atomic E-state index is -3.61. The van der Waals surface area contributed by atoms with Gasteiger partial charge in [-0.05, 0) is 38.0 Å². The van der Waals surface area contributed by atoms with Crippen LogP contribution in [0.25, 0.3) is 10.6 Å². The number of thiazole rings is 1. The van der Waals surface area contributed by atoms with Crippen molar-refractivity contribution in [3.8, 4) is 10.6 Å². The first-order chi connectivity index (χ1) is 15.8. The van der Waals surface area contributed by atoms with Gasteiger partial charge in [-0.2, -0.15) is 4.31 Å². The molecule has 2 aromatic carbocycles. The molecule has 33 heavy (non-hydrogen) atoms. The number of sulfonamides is 1. The molecule has 1 saturated heterocycles. The SMILES string of the molecule is Cc1nc(-c2ccccc2)sc1C(=O)Nc1cc(S(=O)(=O)N2CCCCC2)ccc1N(C)C. The minimum Gasteiger partial charge on any atom is -0.376 e. The number of carbonyl (C=O) groups is 1. The molecular weight excluding hydrogens is 456 g/mol. The summed E-state index contributed by atoms with van der Waals surface area (Å²) < 4.78 is 27.9. The highest BCUT2D eigenvalue weighted by atomic mass is 32.2. The molecule has 0 bridgehead atoms. The molecule has 1 aliphatic rings. The topological polar surface area (TPSA) is 82.6 Å². The van der Waals surface area contributed by atoms with Gasteiger partial charge in [-0.3, -0.25) is 4.79 Å². The molecule has 4 rings (SSSR count). The Bertz CT molecular complexity index is 1250. The molecule has 0 radical (unpaired) electrons. The quantitative estimate of drug-likeness (QED) is 0.552. The molecule has 0 unspecified atom stereocenters. The summed E-state index contributed by atoms with van der Waals surface area (Å²) in [4.78, 5) is 20.3. The summed E-state index contributed by atoms with van der Waals surface area (Å²) in [5.74, 6) is -0.303. The van der Waals surface area contributed by atoms with Crippen LogP contribution in [0.15, 0.2) is 53.4 Å². The highest BCUT2D eigenvalue weighted by molar-refractivity contribution is 7.89. The lowest BCUT2D eigenvalue weighted by Gasteiger charge is -2.26. The van der Waals surface area contributed by atoms with Gasteiger partial charge in [0.1, 0.15) is 9.88 Å². The van der Waals surface area contributed by atoms with Crippen molar-refractivity contribution < 1.29 is 13.2 Å². The first-order valence-electron chi connectivity index (χ1n) is 10.9. The normalized spacial score (nSPS) is 14.8. The second-order valence-electron chi connectivity index (χ2n) is 8.29. The lowest BCUT2D eigenvalue weighted by molar-refractivity contribution is 0.103. The number of carbonyl (C=O) groups excluding carboxylic acids is 1. The summed E-state index contributed by atoms with van der Waals surface area (Å²) in [5.41, 5.74) is 2.77. The summed E-state index contributed by atoms with van der Waals surface area (Å²) in [6, 6.07) is 14.6. The number of benzene rings is 2. The van der Waals surface area contributed by atoms with Gasteiger partial charge < -0.3 is 10.2 Å².